The molecule has 0 unspecified atom stereocenters. The Balaban J connectivity index is 1.50. The second kappa shape index (κ2) is 7.60. The molecule has 0 amide bonds. The van der Waals surface area contributed by atoms with Crippen LogP contribution in [0, 0.1) is 12.8 Å². The Kier molecular flexibility index (Phi) is 5.65. The van der Waals surface area contributed by atoms with E-state index in [0.717, 1.165) is 36.3 Å². The molecular weight excluding hydrogens is 354 g/mol. The lowest BCUT2D eigenvalue weighted by Crippen LogP contribution is -2.37. The van der Waals surface area contributed by atoms with Crippen molar-refractivity contribution in [1.29, 1.82) is 0 Å². The molecule has 1 fully saturated rings. The fraction of sp³-hybridized carbons (Fsp3) is 0.611. The molecule has 1 aliphatic carbocycles. The van der Waals surface area contributed by atoms with Gasteiger partial charge in [0.2, 0.25) is 10.0 Å². The monoisotopic (exact) mass is 381 g/mol. The number of hydrogen-bond donors (Lipinski definition) is 2. The Bertz CT molecular complexity index is 822. The van der Waals surface area contributed by atoms with Gasteiger partial charge in [0, 0.05) is 12.6 Å². The number of aryl methyl sites for hydroxylation is 1. The molecule has 0 saturated heterocycles. The number of aromatic nitrogens is 1. The van der Waals surface area contributed by atoms with Gasteiger partial charge in [0.1, 0.15) is 0 Å². The highest BCUT2D eigenvalue weighted by Gasteiger charge is 2.24. The van der Waals surface area contributed by atoms with Gasteiger partial charge >= 0.3 is 0 Å². The SMILES string of the molecule is Cc1ccc2sc(NC3CCC(CNS(=O)(=O)C(C)C)CC3)nc2c1. The lowest BCUT2D eigenvalue weighted by Gasteiger charge is -2.29. The third kappa shape index (κ3) is 4.71. The molecule has 0 radical (unpaired) electrons. The maximum Gasteiger partial charge on any atom is 0.213 e. The van der Waals surface area contributed by atoms with Crippen LogP contribution in [0.25, 0.3) is 10.2 Å². The molecular formula is C18H27N3O2S2. The number of benzene rings is 1. The maximum atomic E-state index is 11.9. The van der Waals surface area contributed by atoms with Crippen LogP contribution in [0.15, 0.2) is 18.2 Å². The number of nitrogens with zero attached hydrogens (tertiary/aromatic N) is 1. The molecule has 1 aliphatic rings. The summed E-state index contributed by atoms with van der Waals surface area (Å²) in [5.41, 5.74) is 2.29. The number of fused-ring (bicyclic) bond motifs is 1. The highest BCUT2D eigenvalue weighted by atomic mass is 32.2. The highest BCUT2D eigenvalue weighted by Crippen LogP contribution is 2.30. The van der Waals surface area contributed by atoms with E-state index in [1.54, 1.807) is 25.2 Å². The molecule has 0 spiro atoms. The summed E-state index contributed by atoms with van der Waals surface area (Å²) < 4.78 is 27.7. The normalized spacial score (nSPS) is 21.8. The van der Waals surface area contributed by atoms with Crippen molar-refractivity contribution in [3.8, 4) is 0 Å². The lowest BCUT2D eigenvalue weighted by molar-refractivity contribution is 0.337. The fourth-order valence-electron chi connectivity index (χ4n) is 3.19. The minimum Gasteiger partial charge on any atom is -0.359 e. The van der Waals surface area contributed by atoms with Crippen molar-refractivity contribution in [1.82, 2.24) is 9.71 Å². The van der Waals surface area contributed by atoms with Crippen LogP contribution in [0.4, 0.5) is 5.13 Å². The van der Waals surface area contributed by atoms with Gasteiger partial charge in [-0.3, -0.25) is 0 Å². The summed E-state index contributed by atoms with van der Waals surface area (Å²) in [5.74, 6) is 0.435. The molecule has 25 heavy (non-hydrogen) atoms. The van der Waals surface area contributed by atoms with Crippen LogP contribution in [-0.4, -0.2) is 31.2 Å². The van der Waals surface area contributed by atoms with Crippen LogP contribution in [0.5, 0.6) is 0 Å². The van der Waals surface area contributed by atoms with Crippen molar-refractivity contribution in [2.24, 2.45) is 5.92 Å². The molecule has 5 nitrogen and oxygen atoms in total. The first kappa shape index (κ1) is 18.6. The Morgan fingerprint density at radius 3 is 2.64 bits per heavy atom. The molecule has 0 aliphatic heterocycles. The second-order valence-electron chi connectivity index (χ2n) is 7.29. The molecule has 2 N–H and O–H groups in total. The quantitative estimate of drug-likeness (QED) is 0.796. The Labute approximate surface area is 154 Å². The van der Waals surface area contributed by atoms with E-state index >= 15 is 0 Å². The standard InChI is InChI=1S/C18H27N3O2S2/c1-12(2)25(22,23)19-11-14-5-7-15(8-6-14)20-18-21-16-10-13(3)4-9-17(16)24-18/h4,9-10,12,14-15,19H,5-8,11H2,1-3H3,(H,20,21). The third-order valence-corrected chi connectivity index (χ3v) is 7.69. The van der Waals surface area contributed by atoms with Gasteiger partial charge in [-0.2, -0.15) is 0 Å². The summed E-state index contributed by atoms with van der Waals surface area (Å²) in [6, 6.07) is 6.80. The first-order valence-corrected chi connectivity index (χ1v) is 11.3. The van der Waals surface area contributed by atoms with Gasteiger partial charge in [-0.25, -0.2) is 18.1 Å². The van der Waals surface area contributed by atoms with Gasteiger partial charge in [-0.1, -0.05) is 17.4 Å². The van der Waals surface area contributed by atoms with Crippen molar-refractivity contribution in [2.75, 3.05) is 11.9 Å². The minimum atomic E-state index is -3.15. The van der Waals surface area contributed by atoms with Gasteiger partial charge < -0.3 is 5.32 Å². The van der Waals surface area contributed by atoms with Crippen molar-refractivity contribution < 1.29 is 8.42 Å². The molecule has 1 aromatic heterocycles. The lowest BCUT2D eigenvalue weighted by atomic mass is 9.86. The zero-order valence-electron chi connectivity index (χ0n) is 15.1. The van der Waals surface area contributed by atoms with E-state index in [9.17, 15) is 8.42 Å². The van der Waals surface area contributed by atoms with E-state index in [2.05, 4.69) is 35.2 Å². The van der Waals surface area contributed by atoms with Crippen LogP contribution < -0.4 is 10.0 Å². The van der Waals surface area contributed by atoms with E-state index < -0.39 is 10.0 Å². The van der Waals surface area contributed by atoms with E-state index in [4.69, 9.17) is 4.98 Å². The second-order valence-corrected chi connectivity index (χ2v) is 10.6. The van der Waals surface area contributed by atoms with Crippen molar-refractivity contribution >= 4 is 36.7 Å². The van der Waals surface area contributed by atoms with Gasteiger partial charge in [-0.15, -0.1) is 0 Å². The van der Waals surface area contributed by atoms with E-state index in [1.807, 2.05) is 0 Å². The Hall–Kier alpha value is -1.18. The van der Waals surface area contributed by atoms with Crippen LogP contribution in [0.2, 0.25) is 0 Å². The van der Waals surface area contributed by atoms with Crippen LogP contribution >= 0.6 is 11.3 Å². The van der Waals surface area contributed by atoms with E-state index in [1.165, 1.54) is 10.3 Å². The zero-order chi connectivity index (χ0) is 18.0. The van der Waals surface area contributed by atoms with Crippen LogP contribution in [-0.2, 0) is 10.0 Å². The fourth-order valence-corrected chi connectivity index (χ4v) is 4.91. The molecule has 138 valence electrons. The van der Waals surface area contributed by atoms with Crippen molar-refractivity contribution in [2.45, 2.75) is 57.7 Å². The number of sulfonamides is 1. The highest BCUT2D eigenvalue weighted by molar-refractivity contribution is 7.90. The van der Waals surface area contributed by atoms with Crippen molar-refractivity contribution in [3.05, 3.63) is 23.8 Å². The third-order valence-electron chi connectivity index (χ3n) is 4.91. The molecule has 1 heterocycles. The van der Waals surface area contributed by atoms with E-state index in [0.29, 0.717) is 18.5 Å². The molecule has 1 saturated carbocycles. The Morgan fingerprint density at radius 1 is 1.24 bits per heavy atom. The molecule has 0 bridgehead atoms. The molecule has 7 heteroatoms. The molecule has 0 atom stereocenters. The minimum absolute atomic E-state index is 0.367. The van der Waals surface area contributed by atoms with Crippen LogP contribution in [0.3, 0.4) is 0 Å². The summed E-state index contributed by atoms with van der Waals surface area (Å²) in [4.78, 5) is 4.69. The van der Waals surface area contributed by atoms with Gasteiger partial charge in [0.05, 0.1) is 15.5 Å². The number of thiazole rings is 1. The van der Waals surface area contributed by atoms with Crippen molar-refractivity contribution in [3.63, 3.8) is 0 Å². The number of nitrogens with one attached hydrogen (secondary N) is 2. The number of anilines is 1. The molecule has 2 aromatic rings. The molecule has 1 aromatic carbocycles. The van der Waals surface area contributed by atoms with Gasteiger partial charge in [-0.05, 0) is 70.1 Å². The maximum absolute atomic E-state index is 11.9. The average molecular weight is 382 g/mol. The predicted octanol–water partition coefficient (Wildman–Crippen LogP) is 3.90. The van der Waals surface area contributed by atoms with E-state index in [-0.39, 0.29) is 5.25 Å². The first-order chi connectivity index (χ1) is 11.8. The summed E-state index contributed by atoms with van der Waals surface area (Å²) in [6.45, 7) is 6.07. The Morgan fingerprint density at radius 2 is 1.96 bits per heavy atom. The summed E-state index contributed by atoms with van der Waals surface area (Å²) in [6.07, 6.45) is 4.20. The number of rotatable bonds is 6. The van der Waals surface area contributed by atoms with Gasteiger partial charge in [0.15, 0.2) is 5.13 Å². The van der Waals surface area contributed by atoms with Gasteiger partial charge in [0.25, 0.3) is 0 Å². The summed E-state index contributed by atoms with van der Waals surface area (Å²) >= 11 is 1.70. The first-order valence-electron chi connectivity index (χ1n) is 8.95. The topological polar surface area (TPSA) is 71.1 Å². The molecule has 3 rings (SSSR count). The number of hydrogen-bond acceptors (Lipinski definition) is 5. The predicted molar refractivity (Wildman–Crippen MR) is 106 cm³/mol. The smallest absolute Gasteiger partial charge is 0.213 e. The summed E-state index contributed by atoms with van der Waals surface area (Å²) in [5, 5.41) is 4.19. The zero-order valence-corrected chi connectivity index (χ0v) is 16.7. The average Bonchev–Trinajstić information content (AvgIpc) is 2.95. The van der Waals surface area contributed by atoms with Crippen LogP contribution in [0.1, 0.15) is 45.1 Å². The summed E-state index contributed by atoms with van der Waals surface area (Å²) in [7, 11) is -3.15. The largest absolute Gasteiger partial charge is 0.359 e.